The Kier molecular flexibility index (Phi) is 4.40. The zero-order valence-electron chi connectivity index (χ0n) is 12.1. The van der Waals surface area contributed by atoms with Crippen LogP contribution in [0.4, 0.5) is 4.39 Å². The van der Waals surface area contributed by atoms with E-state index in [1.807, 2.05) is 33.8 Å². The first-order valence-electron chi connectivity index (χ1n) is 6.44. The van der Waals surface area contributed by atoms with E-state index in [2.05, 4.69) is 9.97 Å². The second kappa shape index (κ2) is 5.89. The van der Waals surface area contributed by atoms with Crippen LogP contribution < -0.4 is 5.73 Å². The van der Waals surface area contributed by atoms with E-state index in [1.54, 1.807) is 6.07 Å². The molecule has 0 aliphatic carbocycles. The van der Waals surface area contributed by atoms with Crippen LogP contribution in [-0.4, -0.2) is 9.97 Å². The number of aryl methyl sites for hydroxylation is 2. The molecule has 1 aromatic heterocycles. The molecule has 0 spiro atoms. The minimum absolute atomic E-state index is 0.235. The van der Waals surface area contributed by atoms with Gasteiger partial charge in [-0.3, -0.25) is 0 Å². The fourth-order valence-corrected chi connectivity index (χ4v) is 2.96. The average Bonchev–Trinajstić information content (AvgIpc) is 2.38. The lowest BCUT2D eigenvalue weighted by molar-refractivity contribution is 0.591. The first-order valence-corrected chi connectivity index (χ1v) is 7.25. The molecule has 0 saturated carbocycles. The molecule has 0 bridgehead atoms. The molecule has 0 fully saturated rings. The second-order valence-electron chi connectivity index (χ2n) is 4.85. The fraction of sp³-hybridized carbons (Fsp3) is 0.333. The molecule has 0 aliphatic rings. The van der Waals surface area contributed by atoms with Crippen LogP contribution in [0.25, 0.3) is 0 Å². The Balaban J connectivity index is 2.45. The van der Waals surface area contributed by atoms with E-state index in [0.29, 0.717) is 10.1 Å². The van der Waals surface area contributed by atoms with Crippen molar-refractivity contribution in [2.24, 2.45) is 5.73 Å². The smallest absolute Gasteiger partial charge is 0.193 e. The number of hydrogen-bond donors (Lipinski definition) is 1. The SMILES string of the molecule is Cc1nc(Sc2c(F)cccc2C(C)N)nc(C)c1C. The molecule has 1 aromatic carbocycles. The van der Waals surface area contributed by atoms with Gasteiger partial charge < -0.3 is 5.73 Å². The summed E-state index contributed by atoms with van der Waals surface area (Å²) in [6.45, 7) is 7.69. The van der Waals surface area contributed by atoms with E-state index >= 15 is 0 Å². The Labute approximate surface area is 122 Å². The zero-order chi connectivity index (χ0) is 14.9. The summed E-state index contributed by atoms with van der Waals surface area (Å²) in [7, 11) is 0. The molecule has 2 N–H and O–H groups in total. The highest BCUT2D eigenvalue weighted by Gasteiger charge is 2.15. The molecule has 0 radical (unpaired) electrons. The number of aromatic nitrogens is 2. The summed E-state index contributed by atoms with van der Waals surface area (Å²) in [6, 6.07) is 4.71. The van der Waals surface area contributed by atoms with E-state index in [9.17, 15) is 4.39 Å². The Bertz CT molecular complexity index is 618. The molecule has 3 nitrogen and oxygen atoms in total. The Morgan fingerprint density at radius 2 is 1.75 bits per heavy atom. The summed E-state index contributed by atoms with van der Waals surface area (Å²) >= 11 is 1.23. The van der Waals surface area contributed by atoms with Crippen molar-refractivity contribution in [1.82, 2.24) is 9.97 Å². The molecule has 1 unspecified atom stereocenters. The number of hydrogen-bond acceptors (Lipinski definition) is 4. The maximum atomic E-state index is 14.0. The normalized spacial score (nSPS) is 12.5. The van der Waals surface area contributed by atoms with Crippen LogP contribution in [0.5, 0.6) is 0 Å². The molecule has 20 heavy (non-hydrogen) atoms. The van der Waals surface area contributed by atoms with E-state index in [0.717, 1.165) is 22.5 Å². The van der Waals surface area contributed by atoms with Crippen LogP contribution in [0.2, 0.25) is 0 Å². The van der Waals surface area contributed by atoms with Crippen molar-refractivity contribution in [2.45, 2.75) is 43.8 Å². The van der Waals surface area contributed by atoms with Gasteiger partial charge in [-0.1, -0.05) is 12.1 Å². The molecule has 2 rings (SSSR count). The molecule has 1 heterocycles. The van der Waals surface area contributed by atoms with Gasteiger partial charge in [0.1, 0.15) is 5.82 Å². The molecule has 0 aliphatic heterocycles. The van der Waals surface area contributed by atoms with Gasteiger partial charge in [0.15, 0.2) is 5.16 Å². The third kappa shape index (κ3) is 2.99. The highest BCUT2D eigenvalue weighted by molar-refractivity contribution is 7.99. The van der Waals surface area contributed by atoms with Crippen molar-refractivity contribution < 1.29 is 4.39 Å². The predicted molar refractivity (Wildman–Crippen MR) is 79.4 cm³/mol. The number of halogens is 1. The maximum absolute atomic E-state index is 14.0. The molecule has 0 saturated heterocycles. The minimum atomic E-state index is -0.288. The minimum Gasteiger partial charge on any atom is -0.324 e. The topological polar surface area (TPSA) is 51.8 Å². The summed E-state index contributed by atoms with van der Waals surface area (Å²) in [5, 5.41) is 0.553. The highest BCUT2D eigenvalue weighted by Crippen LogP contribution is 2.33. The third-order valence-corrected chi connectivity index (χ3v) is 4.29. The van der Waals surface area contributed by atoms with Gasteiger partial charge in [0.05, 0.1) is 4.90 Å². The maximum Gasteiger partial charge on any atom is 0.193 e. The van der Waals surface area contributed by atoms with Crippen molar-refractivity contribution >= 4 is 11.8 Å². The summed E-state index contributed by atoms with van der Waals surface area (Å²) in [5.41, 5.74) is 9.57. The van der Waals surface area contributed by atoms with Crippen molar-refractivity contribution in [3.63, 3.8) is 0 Å². The number of nitrogens with zero attached hydrogens (tertiary/aromatic N) is 2. The van der Waals surface area contributed by atoms with Gasteiger partial charge in [0.25, 0.3) is 0 Å². The molecular weight excluding hydrogens is 273 g/mol. The van der Waals surface area contributed by atoms with E-state index in [1.165, 1.54) is 17.8 Å². The second-order valence-corrected chi connectivity index (χ2v) is 5.83. The lowest BCUT2D eigenvalue weighted by Gasteiger charge is -2.13. The van der Waals surface area contributed by atoms with Crippen LogP contribution in [0.15, 0.2) is 28.3 Å². The molecule has 2 aromatic rings. The van der Waals surface area contributed by atoms with Gasteiger partial charge in [-0.25, -0.2) is 14.4 Å². The molecule has 1 atom stereocenters. The van der Waals surface area contributed by atoms with Crippen LogP contribution in [0, 0.1) is 26.6 Å². The van der Waals surface area contributed by atoms with Crippen LogP contribution in [-0.2, 0) is 0 Å². The fourth-order valence-electron chi connectivity index (χ4n) is 1.87. The van der Waals surface area contributed by atoms with Gasteiger partial charge in [0.2, 0.25) is 0 Å². The lowest BCUT2D eigenvalue weighted by atomic mass is 10.1. The largest absolute Gasteiger partial charge is 0.324 e. The summed E-state index contributed by atoms with van der Waals surface area (Å²) in [6.07, 6.45) is 0. The van der Waals surface area contributed by atoms with Crippen LogP contribution in [0.1, 0.15) is 35.5 Å². The van der Waals surface area contributed by atoms with E-state index in [4.69, 9.17) is 5.73 Å². The van der Waals surface area contributed by atoms with Gasteiger partial charge in [-0.2, -0.15) is 0 Å². The zero-order valence-corrected chi connectivity index (χ0v) is 12.9. The number of benzene rings is 1. The highest BCUT2D eigenvalue weighted by atomic mass is 32.2. The first-order chi connectivity index (χ1) is 9.40. The van der Waals surface area contributed by atoms with Crippen molar-refractivity contribution in [3.8, 4) is 0 Å². The molecule has 106 valence electrons. The van der Waals surface area contributed by atoms with Crippen molar-refractivity contribution in [1.29, 1.82) is 0 Å². The number of nitrogens with two attached hydrogens (primary N) is 1. The van der Waals surface area contributed by atoms with Gasteiger partial charge in [-0.15, -0.1) is 0 Å². The molecular formula is C15H18FN3S. The Morgan fingerprint density at radius 1 is 1.15 bits per heavy atom. The molecule has 5 heteroatoms. The van der Waals surface area contributed by atoms with Crippen LogP contribution in [0.3, 0.4) is 0 Å². The first kappa shape index (κ1) is 14.9. The standard InChI is InChI=1S/C15H18FN3S/c1-8-10(3)18-15(19-11(8)4)20-14-12(9(2)17)6-5-7-13(14)16/h5-7,9H,17H2,1-4H3. The van der Waals surface area contributed by atoms with E-state index < -0.39 is 0 Å². The lowest BCUT2D eigenvalue weighted by Crippen LogP contribution is -2.08. The number of rotatable bonds is 3. The molecule has 0 amide bonds. The summed E-state index contributed by atoms with van der Waals surface area (Å²) in [5.74, 6) is -0.288. The summed E-state index contributed by atoms with van der Waals surface area (Å²) in [4.78, 5) is 9.33. The Morgan fingerprint density at radius 3 is 2.30 bits per heavy atom. The Hall–Kier alpha value is -1.46. The predicted octanol–water partition coefficient (Wildman–Crippen LogP) is 3.71. The van der Waals surface area contributed by atoms with Crippen molar-refractivity contribution in [2.75, 3.05) is 0 Å². The van der Waals surface area contributed by atoms with Gasteiger partial charge in [0, 0.05) is 17.4 Å². The third-order valence-electron chi connectivity index (χ3n) is 3.29. The van der Waals surface area contributed by atoms with Gasteiger partial charge >= 0.3 is 0 Å². The van der Waals surface area contributed by atoms with Crippen molar-refractivity contribution in [3.05, 3.63) is 46.5 Å². The van der Waals surface area contributed by atoms with Crippen LogP contribution >= 0.6 is 11.8 Å². The quantitative estimate of drug-likeness (QED) is 0.876. The van der Waals surface area contributed by atoms with E-state index in [-0.39, 0.29) is 11.9 Å². The monoisotopic (exact) mass is 291 g/mol. The average molecular weight is 291 g/mol. The summed E-state index contributed by atoms with van der Waals surface area (Å²) < 4.78 is 14.0. The van der Waals surface area contributed by atoms with Gasteiger partial charge in [-0.05, 0) is 56.7 Å².